The average molecular weight is 296 g/mol. The van der Waals surface area contributed by atoms with Crippen LogP contribution in [0.1, 0.15) is 37.7 Å². The van der Waals surface area contributed by atoms with E-state index in [1.54, 1.807) is 6.07 Å². The van der Waals surface area contributed by atoms with Crippen LogP contribution in [-0.2, 0) is 4.74 Å². The molecule has 0 aliphatic heterocycles. The highest BCUT2D eigenvalue weighted by molar-refractivity contribution is 7.80. The molecule has 1 aliphatic carbocycles. The predicted octanol–water partition coefficient (Wildman–Crippen LogP) is 3.22. The maximum absolute atomic E-state index is 13.2. The highest BCUT2D eigenvalue weighted by atomic mass is 32.1. The van der Waals surface area contributed by atoms with Gasteiger partial charge in [-0.3, -0.25) is 0 Å². The van der Waals surface area contributed by atoms with E-state index < -0.39 is 0 Å². The summed E-state index contributed by atoms with van der Waals surface area (Å²) in [6.45, 7) is 1.30. The summed E-state index contributed by atoms with van der Waals surface area (Å²) in [4.78, 5) is 0.195. The quantitative estimate of drug-likeness (QED) is 0.625. The lowest BCUT2D eigenvalue weighted by molar-refractivity contribution is 0.0347. The van der Waals surface area contributed by atoms with Crippen LogP contribution in [-0.4, -0.2) is 24.2 Å². The molecule has 3 nitrogen and oxygen atoms in total. The zero-order valence-corrected chi connectivity index (χ0v) is 12.3. The Hall–Kier alpha value is -1.20. The smallest absolute Gasteiger partial charge is 0.124 e. The van der Waals surface area contributed by atoms with Gasteiger partial charge in [-0.25, -0.2) is 4.39 Å². The fourth-order valence-corrected chi connectivity index (χ4v) is 2.69. The van der Waals surface area contributed by atoms with E-state index >= 15 is 0 Å². The highest BCUT2D eigenvalue weighted by Crippen LogP contribution is 2.20. The minimum absolute atomic E-state index is 0.195. The molecule has 0 unspecified atom stereocenters. The van der Waals surface area contributed by atoms with Crippen molar-refractivity contribution in [2.75, 3.05) is 18.5 Å². The van der Waals surface area contributed by atoms with Crippen LogP contribution < -0.4 is 11.1 Å². The molecule has 1 fully saturated rings. The van der Waals surface area contributed by atoms with Crippen molar-refractivity contribution in [1.82, 2.24) is 0 Å². The minimum atomic E-state index is -0.336. The summed E-state index contributed by atoms with van der Waals surface area (Å²) in [7, 11) is 0. The van der Waals surface area contributed by atoms with Gasteiger partial charge in [-0.15, -0.1) is 0 Å². The van der Waals surface area contributed by atoms with Crippen LogP contribution in [0, 0.1) is 5.82 Å². The molecule has 0 amide bonds. The molecule has 0 atom stereocenters. The third kappa shape index (κ3) is 4.42. The molecule has 0 aromatic heterocycles. The molecule has 3 N–H and O–H groups in total. The van der Waals surface area contributed by atoms with Crippen LogP contribution in [0.5, 0.6) is 0 Å². The minimum Gasteiger partial charge on any atom is -0.389 e. The highest BCUT2D eigenvalue weighted by Gasteiger charge is 2.13. The molecule has 20 heavy (non-hydrogen) atoms. The summed E-state index contributed by atoms with van der Waals surface area (Å²) in [5.74, 6) is -0.336. The Labute approximate surface area is 124 Å². The summed E-state index contributed by atoms with van der Waals surface area (Å²) in [6, 6.07) is 4.41. The van der Waals surface area contributed by atoms with Crippen LogP contribution in [0.25, 0.3) is 0 Å². The van der Waals surface area contributed by atoms with Gasteiger partial charge in [0.15, 0.2) is 0 Å². The maximum atomic E-state index is 13.2. The molecule has 1 saturated carbocycles. The molecule has 1 aromatic carbocycles. The van der Waals surface area contributed by atoms with E-state index in [1.807, 2.05) is 0 Å². The van der Waals surface area contributed by atoms with Crippen molar-refractivity contribution in [1.29, 1.82) is 0 Å². The summed E-state index contributed by atoms with van der Waals surface area (Å²) in [5, 5.41) is 3.20. The van der Waals surface area contributed by atoms with E-state index in [2.05, 4.69) is 5.32 Å². The number of halogens is 1. The molecule has 1 aliphatic rings. The van der Waals surface area contributed by atoms with Gasteiger partial charge in [0.1, 0.15) is 10.8 Å². The number of anilines is 1. The molecule has 0 spiro atoms. The van der Waals surface area contributed by atoms with E-state index in [-0.39, 0.29) is 10.8 Å². The standard InChI is InChI=1S/C15H21FN2OS/c16-11-6-7-14(13(10-11)15(17)20)18-8-9-19-12-4-2-1-3-5-12/h6-7,10,12,18H,1-5,8-9H2,(H2,17,20). The van der Waals surface area contributed by atoms with Crippen molar-refractivity contribution in [2.24, 2.45) is 5.73 Å². The Balaban J connectivity index is 1.80. The lowest BCUT2D eigenvalue weighted by atomic mass is 9.98. The summed E-state index contributed by atoms with van der Waals surface area (Å²) < 4.78 is 19.0. The largest absolute Gasteiger partial charge is 0.389 e. The van der Waals surface area contributed by atoms with E-state index in [4.69, 9.17) is 22.7 Å². The Kier molecular flexibility index (Phi) is 5.73. The third-order valence-corrected chi connectivity index (χ3v) is 3.79. The summed E-state index contributed by atoms with van der Waals surface area (Å²) in [6.07, 6.45) is 6.58. The van der Waals surface area contributed by atoms with E-state index in [0.717, 1.165) is 18.5 Å². The van der Waals surface area contributed by atoms with Gasteiger partial charge < -0.3 is 15.8 Å². The number of rotatable bonds is 6. The molecule has 0 saturated heterocycles. The van der Waals surface area contributed by atoms with Gasteiger partial charge in [-0.2, -0.15) is 0 Å². The molecular formula is C15H21FN2OS. The average Bonchev–Trinajstić information content (AvgIpc) is 2.45. The molecule has 0 heterocycles. The first-order valence-corrected chi connectivity index (χ1v) is 7.52. The first-order chi connectivity index (χ1) is 9.66. The van der Waals surface area contributed by atoms with Gasteiger partial charge in [0.2, 0.25) is 0 Å². The Morgan fingerprint density at radius 1 is 1.35 bits per heavy atom. The topological polar surface area (TPSA) is 47.3 Å². The number of hydrogen-bond donors (Lipinski definition) is 2. The first kappa shape index (κ1) is 15.2. The zero-order chi connectivity index (χ0) is 14.4. The van der Waals surface area contributed by atoms with Crippen molar-refractivity contribution < 1.29 is 9.13 Å². The monoisotopic (exact) mass is 296 g/mol. The van der Waals surface area contributed by atoms with E-state index in [1.165, 1.54) is 31.4 Å². The van der Waals surface area contributed by atoms with Crippen molar-refractivity contribution >= 4 is 22.9 Å². The number of nitrogens with one attached hydrogen (secondary N) is 1. The number of hydrogen-bond acceptors (Lipinski definition) is 3. The molecule has 1 aromatic rings. The fraction of sp³-hybridized carbons (Fsp3) is 0.533. The van der Waals surface area contributed by atoms with Gasteiger partial charge in [-0.05, 0) is 31.0 Å². The van der Waals surface area contributed by atoms with E-state index in [0.29, 0.717) is 24.8 Å². The molecular weight excluding hydrogens is 275 g/mol. The van der Waals surface area contributed by atoms with Crippen molar-refractivity contribution in [3.8, 4) is 0 Å². The Morgan fingerprint density at radius 2 is 2.10 bits per heavy atom. The SMILES string of the molecule is NC(=S)c1cc(F)ccc1NCCOC1CCCCC1. The number of benzene rings is 1. The van der Waals surface area contributed by atoms with Gasteiger partial charge in [0.25, 0.3) is 0 Å². The summed E-state index contributed by atoms with van der Waals surface area (Å²) in [5.41, 5.74) is 6.89. The maximum Gasteiger partial charge on any atom is 0.124 e. The summed E-state index contributed by atoms with van der Waals surface area (Å²) >= 11 is 4.93. The second-order valence-electron chi connectivity index (χ2n) is 5.11. The van der Waals surface area contributed by atoms with Crippen molar-refractivity contribution in [3.05, 3.63) is 29.6 Å². The second kappa shape index (κ2) is 7.55. The van der Waals surface area contributed by atoms with Gasteiger partial charge in [0.05, 0.1) is 12.7 Å². The van der Waals surface area contributed by atoms with Gasteiger partial charge in [0, 0.05) is 17.8 Å². The Morgan fingerprint density at radius 3 is 2.80 bits per heavy atom. The number of thiocarbonyl (C=S) groups is 1. The molecule has 0 radical (unpaired) electrons. The lowest BCUT2D eigenvalue weighted by Crippen LogP contribution is -2.21. The fourth-order valence-electron chi connectivity index (χ4n) is 2.52. The number of nitrogens with two attached hydrogens (primary N) is 1. The second-order valence-corrected chi connectivity index (χ2v) is 5.55. The zero-order valence-electron chi connectivity index (χ0n) is 11.5. The van der Waals surface area contributed by atoms with Gasteiger partial charge in [-0.1, -0.05) is 31.5 Å². The van der Waals surface area contributed by atoms with Crippen LogP contribution in [0.4, 0.5) is 10.1 Å². The predicted molar refractivity (Wildman–Crippen MR) is 83.6 cm³/mol. The molecule has 5 heteroatoms. The normalized spacial score (nSPS) is 16.1. The lowest BCUT2D eigenvalue weighted by Gasteiger charge is -2.22. The number of ether oxygens (including phenoxy) is 1. The van der Waals surface area contributed by atoms with Gasteiger partial charge >= 0.3 is 0 Å². The molecule has 2 rings (SSSR count). The van der Waals surface area contributed by atoms with E-state index in [9.17, 15) is 4.39 Å². The first-order valence-electron chi connectivity index (χ1n) is 7.11. The molecule has 0 bridgehead atoms. The van der Waals surface area contributed by atoms with Crippen LogP contribution in [0.2, 0.25) is 0 Å². The van der Waals surface area contributed by atoms with Crippen molar-refractivity contribution in [3.63, 3.8) is 0 Å². The third-order valence-electron chi connectivity index (χ3n) is 3.57. The molecule has 110 valence electrons. The van der Waals surface area contributed by atoms with Crippen LogP contribution in [0.3, 0.4) is 0 Å². The Bertz CT molecular complexity index is 461. The van der Waals surface area contributed by atoms with Crippen LogP contribution in [0.15, 0.2) is 18.2 Å². The van der Waals surface area contributed by atoms with Crippen molar-refractivity contribution in [2.45, 2.75) is 38.2 Å². The van der Waals surface area contributed by atoms with Crippen LogP contribution >= 0.6 is 12.2 Å².